The van der Waals surface area contributed by atoms with Crippen molar-refractivity contribution in [2.45, 2.75) is 39.4 Å². The monoisotopic (exact) mass is 379 g/mol. The zero-order valence-corrected chi connectivity index (χ0v) is 16.0. The van der Waals surface area contributed by atoms with Crippen molar-refractivity contribution < 1.29 is 13.6 Å². The minimum absolute atomic E-state index is 0.0194. The molecule has 0 saturated carbocycles. The van der Waals surface area contributed by atoms with Gasteiger partial charge in [0.05, 0.1) is 23.6 Å². The van der Waals surface area contributed by atoms with Crippen LogP contribution in [0.2, 0.25) is 0 Å². The largest absolute Gasteiger partial charge is 0.353 e. The average Bonchev–Trinajstić information content (AvgIpc) is 3.00. The Morgan fingerprint density at radius 1 is 1.15 bits per heavy atom. The van der Waals surface area contributed by atoms with Crippen LogP contribution >= 0.6 is 0 Å². The highest BCUT2D eigenvalue weighted by atomic mass is 19.3. The second-order valence-electron chi connectivity index (χ2n) is 7.32. The lowest BCUT2D eigenvalue weighted by Gasteiger charge is -2.37. The van der Waals surface area contributed by atoms with Crippen molar-refractivity contribution in [1.82, 2.24) is 24.7 Å². The summed E-state index contributed by atoms with van der Waals surface area (Å²) in [5.74, 6) is 0.406. The number of para-hydroxylation sites is 2. The topological polar surface area (TPSA) is 53.4 Å². The third-order valence-corrected chi connectivity index (χ3v) is 4.96. The molecule has 27 heavy (non-hydrogen) atoms. The van der Waals surface area contributed by atoms with Crippen LogP contribution < -0.4 is 5.32 Å². The molecule has 0 spiro atoms. The number of nitrogens with zero attached hydrogens (tertiary/aromatic N) is 4. The number of amides is 1. The van der Waals surface area contributed by atoms with Crippen molar-refractivity contribution in [2.75, 3.05) is 32.7 Å². The summed E-state index contributed by atoms with van der Waals surface area (Å²) < 4.78 is 28.4. The summed E-state index contributed by atoms with van der Waals surface area (Å²) in [7, 11) is 0. The molecule has 1 aromatic heterocycles. The molecule has 1 amide bonds. The molecule has 6 nitrogen and oxygen atoms in total. The summed E-state index contributed by atoms with van der Waals surface area (Å²) >= 11 is 0. The van der Waals surface area contributed by atoms with Crippen molar-refractivity contribution in [3.63, 3.8) is 0 Å². The standard InChI is InChI=1S/C19H27F2N5O/c1-13(2)22-17(27)12-24-8-10-25(11-9-24)14(3)18-23-15-6-4-5-7-16(15)26(18)19(20)21/h4-7,13-14,19H,8-12H2,1-3H3,(H,22,27). The first-order chi connectivity index (χ1) is 12.9. The maximum Gasteiger partial charge on any atom is 0.320 e. The Hall–Kier alpha value is -2.06. The Labute approximate surface area is 158 Å². The summed E-state index contributed by atoms with van der Waals surface area (Å²) in [6, 6.07) is 6.89. The fourth-order valence-corrected chi connectivity index (χ4v) is 3.61. The third kappa shape index (κ3) is 4.44. The van der Waals surface area contributed by atoms with Crippen molar-refractivity contribution in [3.8, 4) is 0 Å². The van der Waals surface area contributed by atoms with Crippen LogP contribution in [0.5, 0.6) is 0 Å². The van der Waals surface area contributed by atoms with Crippen LogP contribution in [0.25, 0.3) is 11.0 Å². The van der Waals surface area contributed by atoms with Crippen LogP contribution in [0.3, 0.4) is 0 Å². The lowest BCUT2D eigenvalue weighted by Crippen LogP contribution is -2.50. The van der Waals surface area contributed by atoms with E-state index in [0.717, 1.165) is 17.7 Å². The zero-order valence-electron chi connectivity index (χ0n) is 16.0. The number of aromatic nitrogens is 2. The van der Waals surface area contributed by atoms with Gasteiger partial charge in [0.25, 0.3) is 0 Å². The lowest BCUT2D eigenvalue weighted by atomic mass is 10.2. The highest BCUT2D eigenvalue weighted by Crippen LogP contribution is 2.29. The number of alkyl halides is 2. The Balaban J connectivity index is 1.68. The van der Waals surface area contributed by atoms with E-state index in [4.69, 9.17) is 0 Å². The molecule has 3 rings (SSSR count). The fourth-order valence-electron chi connectivity index (χ4n) is 3.61. The highest BCUT2D eigenvalue weighted by molar-refractivity contribution is 5.78. The molecule has 1 fully saturated rings. The molecule has 8 heteroatoms. The molecule has 148 valence electrons. The number of imidazole rings is 1. The van der Waals surface area contributed by atoms with E-state index < -0.39 is 6.55 Å². The van der Waals surface area contributed by atoms with Gasteiger partial charge in [-0.15, -0.1) is 0 Å². The number of piperazine rings is 1. The minimum atomic E-state index is -2.63. The molecule has 0 aliphatic carbocycles. The van der Waals surface area contributed by atoms with Gasteiger partial charge in [0.1, 0.15) is 5.82 Å². The first-order valence-corrected chi connectivity index (χ1v) is 9.37. The van der Waals surface area contributed by atoms with E-state index in [1.165, 1.54) is 0 Å². The van der Waals surface area contributed by atoms with E-state index in [1.807, 2.05) is 20.8 Å². The average molecular weight is 379 g/mol. The maximum absolute atomic E-state index is 13.7. The molecule has 0 bridgehead atoms. The number of carbonyl (C=O) groups excluding carboxylic acids is 1. The molecule has 0 radical (unpaired) electrons. The number of hydrogen-bond donors (Lipinski definition) is 1. The number of benzene rings is 1. The fraction of sp³-hybridized carbons (Fsp3) is 0.579. The Bertz CT molecular complexity index is 783. The van der Waals surface area contributed by atoms with Gasteiger partial charge in [-0.1, -0.05) is 12.1 Å². The van der Waals surface area contributed by atoms with Crippen molar-refractivity contribution >= 4 is 16.9 Å². The Morgan fingerprint density at radius 3 is 2.44 bits per heavy atom. The van der Waals surface area contributed by atoms with E-state index >= 15 is 0 Å². The molecular formula is C19H27F2N5O. The van der Waals surface area contributed by atoms with Crippen molar-refractivity contribution in [3.05, 3.63) is 30.1 Å². The van der Waals surface area contributed by atoms with E-state index in [2.05, 4.69) is 20.1 Å². The van der Waals surface area contributed by atoms with Gasteiger partial charge in [-0.05, 0) is 32.9 Å². The predicted molar refractivity (Wildman–Crippen MR) is 101 cm³/mol. The van der Waals surface area contributed by atoms with E-state index in [1.54, 1.807) is 24.3 Å². The highest BCUT2D eigenvalue weighted by Gasteiger charge is 2.28. The van der Waals surface area contributed by atoms with Gasteiger partial charge in [-0.3, -0.25) is 19.2 Å². The second-order valence-corrected chi connectivity index (χ2v) is 7.32. The molecule has 1 atom stereocenters. The van der Waals surface area contributed by atoms with Crippen molar-refractivity contribution in [2.24, 2.45) is 0 Å². The summed E-state index contributed by atoms with van der Waals surface area (Å²) in [5.41, 5.74) is 1.04. The maximum atomic E-state index is 13.7. The van der Waals surface area contributed by atoms with Gasteiger partial charge < -0.3 is 5.32 Å². The molecule has 2 heterocycles. The van der Waals surface area contributed by atoms with Gasteiger partial charge in [0, 0.05) is 32.2 Å². The van der Waals surface area contributed by atoms with E-state index in [9.17, 15) is 13.6 Å². The first kappa shape index (κ1) is 19.7. The molecule has 1 aromatic carbocycles. The number of halogens is 2. The SMILES string of the molecule is CC(C)NC(=O)CN1CCN(C(C)c2nc3ccccc3n2C(F)F)CC1. The lowest BCUT2D eigenvalue weighted by molar-refractivity contribution is -0.123. The minimum Gasteiger partial charge on any atom is -0.353 e. The van der Waals surface area contributed by atoms with Gasteiger partial charge in [-0.25, -0.2) is 4.98 Å². The number of fused-ring (bicyclic) bond motifs is 1. The second kappa shape index (κ2) is 8.31. The van der Waals surface area contributed by atoms with E-state index in [-0.39, 0.29) is 18.0 Å². The number of hydrogen-bond acceptors (Lipinski definition) is 4. The zero-order chi connectivity index (χ0) is 19.6. The van der Waals surface area contributed by atoms with Gasteiger partial charge in [0.2, 0.25) is 5.91 Å². The van der Waals surface area contributed by atoms with Gasteiger partial charge in [-0.2, -0.15) is 8.78 Å². The molecular weight excluding hydrogens is 352 g/mol. The summed E-state index contributed by atoms with van der Waals surface area (Å²) in [5, 5.41) is 2.89. The summed E-state index contributed by atoms with van der Waals surface area (Å²) in [6.45, 7) is 6.41. The number of nitrogens with one attached hydrogen (secondary N) is 1. The van der Waals surface area contributed by atoms with Gasteiger partial charge in [0.15, 0.2) is 0 Å². The molecule has 1 N–H and O–H groups in total. The number of rotatable bonds is 6. The van der Waals surface area contributed by atoms with Crippen LogP contribution in [-0.2, 0) is 4.79 Å². The molecule has 2 aromatic rings. The predicted octanol–water partition coefficient (Wildman–Crippen LogP) is 2.63. The third-order valence-electron chi connectivity index (χ3n) is 4.96. The smallest absolute Gasteiger partial charge is 0.320 e. The van der Waals surface area contributed by atoms with Crippen LogP contribution in [-0.4, -0.2) is 64.0 Å². The molecule has 1 unspecified atom stereocenters. The van der Waals surface area contributed by atoms with E-state index in [0.29, 0.717) is 36.5 Å². The molecule has 1 saturated heterocycles. The van der Waals surface area contributed by atoms with Crippen LogP contribution in [0.1, 0.15) is 39.2 Å². The summed E-state index contributed by atoms with van der Waals surface area (Å²) in [4.78, 5) is 20.6. The van der Waals surface area contributed by atoms with Crippen LogP contribution in [0, 0.1) is 0 Å². The summed E-state index contributed by atoms with van der Waals surface area (Å²) in [6.07, 6.45) is 0. The molecule has 1 aliphatic rings. The first-order valence-electron chi connectivity index (χ1n) is 9.37. The number of carbonyl (C=O) groups is 1. The van der Waals surface area contributed by atoms with Gasteiger partial charge >= 0.3 is 6.55 Å². The molecule has 1 aliphatic heterocycles. The van der Waals surface area contributed by atoms with Crippen LogP contribution in [0.4, 0.5) is 8.78 Å². The quantitative estimate of drug-likeness (QED) is 0.838. The van der Waals surface area contributed by atoms with Crippen molar-refractivity contribution in [1.29, 1.82) is 0 Å². The Kier molecular flexibility index (Phi) is 6.06. The Morgan fingerprint density at radius 2 is 1.81 bits per heavy atom. The van der Waals surface area contributed by atoms with Crippen LogP contribution in [0.15, 0.2) is 24.3 Å². The normalized spacial score (nSPS) is 17.7.